The molecule has 0 aliphatic heterocycles. The van der Waals surface area contributed by atoms with Gasteiger partial charge in [0, 0.05) is 6.54 Å². The molecule has 23 heavy (non-hydrogen) atoms. The average Bonchev–Trinajstić information content (AvgIpc) is 2.60. The van der Waals surface area contributed by atoms with Crippen molar-refractivity contribution in [2.45, 2.75) is 19.5 Å². The molecule has 0 fully saturated rings. The Kier molecular flexibility index (Phi) is 4.57. The normalized spacial score (nSPS) is 11.9. The highest BCUT2D eigenvalue weighted by atomic mass is 16.2. The number of carbonyl (C=O) groups excluding carboxylic acids is 1. The Hall–Kier alpha value is -2.81. The molecular weight excluding hydrogens is 284 g/mol. The van der Waals surface area contributed by atoms with Crippen molar-refractivity contribution in [3.63, 3.8) is 0 Å². The Labute approximate surface area is 136 Å². The smallest absolute Gasteiger partial charge is 0.315 e. The molecular formula is C20H20N2O. The van der Waals surface area contributed by atoms with E-state index in [4.69, 9.17) is 0 Å². The largest absolute Gasteiger partial charge is 0.334 e. The van der Waals surface area contributed by atoms with Gasteiger partial charge in [-0.15, -0.1) is 0 Å². The molecule has 0 spiro atoms. The van der Waals surface area contributed by atoms with Gasteiger partial charge < -0.3 is 10.6 Å². The first-order valence-corrected chi connectivity index (χ1v) is 7.80. The van der Waals surface area contributed by atoms with Crippen LogP contribution in [-0.2, 0) is 6.54 Å². The zero-order valence-electron chi connectivity index (χ0n) is 13.1. The van der Waals surface area contributed by atoms with Crippen LogP contribution in [0.1, 0.15) is 24.1 Å². The predicted molar refractivity (Wildman–Crippen MR) is 94.2 cm³/mol. The molecule has 3 aromatic rings. The van der Waals surface area contributed by atoms with Gasteiger partial charge in [0.05, 0.1) is 6.04 Å². The summed E-state index contributed by atoms with van der Waals surface area (Å²) in [7, 11) is 0. The van der Waals surface area contributed by atoms with Crippen molar-refractivity contribution in [1.29, 1.82) is 0 Å². The van der Waals surface area contributed by atoms with Gasteiger partial charge in [0.15, 0.2) is 0 Å². The molecule has 3 rings (SSSR count). The molecule has 3 aromatic carbocycles. The Bertz CT molecular complexity index is 794. The Balaban J connectivity index is 1.66. The average molecular weight is 304 g/mol. The van der Waals surface area contributed by atoms with Gasteiger partial charge in [-0.2, -0.15) is 0 Å². The molecule has 0 radical (unpaired) electrons. The Morgan fingerprint density at radius 1 is 0.913 bits per heavy atom. The van der Waals surface area contributed by atoms with E-state index in [9.17, 15) is 4.79 Å². The van der Waals surface area contributed by atoms with E-state index in [0.29, 0.717) is 6.54 Å². The number of carbonyl (C=O) groups is 1. The van der Waals surface area contributed by atoms with Gasteiger partial charge in [-0.25, -0.2) is 4.79 Å². The van der Waals surface area contributed by atoms with Gasteiger partial charge in [-0.05, 0) is 28.8 Å². The topological polar surface area (TPSA) is 41.1 Å². The van der Waals surface area contributed by atoms with E-state index in [1.54, 1.807) is 0 Å². The van der Waals surface area contributed by atoms with Gasteiger partial charge >= 0.3 is 6.03 Å². The third kappa shape index (κ3) is 3.69. The SMILES string of the molecule is C[C@@H](NC(=O)NCc1ccccc1)c1cccc2ccccc12. The van der Waals surface area contributed by atoms with Gasteiger partial charge in [0.2, 0.25) is 0 Å². The summed E-state index contributed by atoms with van der Waals surface area (Å²) in [6, 6.07) is 24.1. The number of fused-ring (bicyclic) bond motifs is 1. The first-order chi connectivity index (χ1) is 11.2. The number of hydrogen-bond acceptors (Lipinski definition) is 1. The minimum Gasteiger partial charge on any atom is -0.334 e. The van der Waals surface area contributed by atoms with E-state index >= 15 is 0 Å². The van der Waals surface area contributed by atoms with Gasteiger partial charge in [0.1, 0.15) is 0 Å². The predicted octanol–water partition coefficient (Wildman–Crippen LogP) is 4.40. The fourth-order valence-corrected chi connectivity index (χ4v) is 2.73. The van der Waals surface area contributed by atoms with Crippen molar-refractivity contribution < 1.29 is 4.79 Å². The molecule has 0 bridgehead atoms. The Morgan fingerprint density at radius 3 is 2.43 bits per heavy atom. The second-order valence-corrected chi connectivity index (χ2v) is 5.60. The number of benzene rings is 3. The molecule has 0 unspecified atom stereocenters. The standard InChI is InChI=1S/C20H20N2O/c1-15(18-13-7-11-17-10-5-6-12-19(17)18)22-20(23)21-14-16-8-3-2-4-9-16/h2-13,15H,14H2,1H3,(H2,21,22,23)/t15-/m1/s1. The number of rotatable bonds is 4. The minimum atomic E-state index is -0.158. The fraction of sp³-hybridized carbons (Fsp3) is 0.150. The molecule has 0 aromatic heterocycles. The van der Waals surface area contributed by atoms with E-state index in [2.05, 4.69) is 34.9 Å². The molecule has 0 aliphatic carbocycles. The van der Waals surface area contributed by atoms with Crippen molar-refractivity contribution in [2.24, 2.45) is 0 Å². The van der Waals surface area contributed by atoms with Crippen molar-refractivity contribution in [3.05, 3.63) is 83.9 Å². The van der Waals surface area contributed by atoms with E-state index in [1.165, 1.54) is 10.8 Å². The van der Waals surface area contributed by atoms with Crippen molar-refractivity contribution in [2.75, 3.05) is 0 Å². The highest BCUT2D eigenvalue weighted by Gasteiger charge is 2.11. The number of amides is 2. The van der Waals surface area contributed by atoms with Crippen LogP contribution in [-0.4, -0.2) is 6.03 Å². The van der Waals surface area contributed by atoms with Crippen molar-refractivity contribution >= 4 is 16.8 Å². The maximum Gasteiger partial charge on any atom is 0.315 e. The quantitative estimate of drug-likeness (QED) is 0.737. The summed E-state index contributed by atoms with van der Waals surface area (Å²) in [4.78, 5) is 12.1. The highest BCUT2D eigenvalue weighted by molar-refractivity contribution is 5.86. The van der Waals surface area contributed by atoms with Crippen LogP contribution in [0.25, 0.3) is 10.8 Å². The van der Waals surface area contributed by atoms with Gasteiger partial charge in [-0.3, -0.25) is 0 Å². The van der Waals surface area contributed by atoms with E-state index in [0.717, 1.165) is 11.1 Å². The van der Waals surface area contributed by atoms with E-state index in [-0.39, 0.29) is 12.1 Å². The van der Waals surface area contributed by atoms with Crippen LogP contribution in [0.4, 0.5) is 4.79 Å². The molecule has 3 nitrogen and oxygen atoms in total. The maximum absolute atomic E-state index is 12.1. The zero-order valence-corrected chi connectivity index (χ0v) is 13.1. The molecule has 0 aliphatic rings. The molecule has 2 N–H and O–H groups in total. The van der Waals surface area contributed by atoms with Crippen LogP contribution in [0, 0.1) is 0 Å². The second kappa shape index (κ2) is 6.97. The lowest BCUT2D eigenvalue weighted by Crippen LogP contribution is -2.36. The monoisotopic (exact) mass is 304 g/mol. The van der Waals surface area contributed by atoms with Crippen molar-refractivity contribution in [3.8, 4) is 0 Å². The molecule has 3 heteroatoms. The summed E-state index contributed by atoms with van der Waals surface area (Å²) >= 11 is 0. The molecule has 0 saturated carbocycles. The zero-order chi connectivity index (χ0) is 16.1. The maximum atomic E-state index is 12.1. The minimum absolute atomic E-state index is 0.0585. The second-order valence-electron chi connectivity index (χ2n) is 5.60. The third-order valence-corrected chi connectivity index (χ3v) is 3.93. The summed E-state index contributed by atoms with van der Waals surface area (Å²) in [5.74, 6) is 0. The highest BCUT2D eigenvalue weighted by Crippen LogP contribution is 2.23. The van der Waals surface area contributed by atoms with Crippen LogP contribution in [0.15, 0.2) is 72.8 Å². The fourth-order valence-electron chi connectivity index (χ4n) is 2.73. The molecule has 1 atom stereocenters. The van der Waals surface area contributed by atoms with Crippen LogP contribution < -0.4 is 10.6 Å². The number of nitrogens with one attached hydrogen (secondary N) is 2. The van der Waals surface area contributed by atoms with E-state index < -0.39 is 0 Å². The van der Waals surface area contributed by atoms with Crippen LogP contribution in [0.2, 0.25) is 0 Å². The molecule has 116 valence electrons. The first-order valence-electron chi connectivity index (χ1n) is 7.80. The molecule has 0 heterocycles. The molecule has 0 saturated heterocycles. The van der Waals surface area contributed by atoms with E-state index in [1.807, 2.05) is 55.5 Å². The summed E-state index contributed by atoms with van der Waals surface area (Å²) in [6.45, 7) is 2.53. The summed E-state index contributed by atoms with van der Waals surface area (Å²) in [5, 5.41) is 8.26. The lowest BCUT2D eigenvalue weighted by molar-refractivity contribution is 0.237. The van der Waals surface area contributed by atoms with Crippen LogP contribution >= 0.6 is 0 Å². The van der Waals surface area contributed by atoms with Gasteiger partial charge in [-0.1, -0.05) is 72.8 Å². The third-order valence-electron chi connectivity index (χ3n) is 3.93. The van der Waals surface area contributed by atoms with Crippen LogP contribution in [0.3, 0.4) is 0 Å². The summed E-state index contributed by atoms with van der Waals surface area (Å²) in [6.07, 6.45) is 0. The van der Waals surface area contributed by atoms with Gasteiger partial charge in [0.25, 0.3) is 0 Å². The van der Waals surface area contributed by atoms with Crippen LogP contribution in [0.5, 0.6) is 0 Å². The first kappa shape index (κ1) is 15.1. The molecule has 2 amide bonds. The lowest BCUT2D eigenvalue weighted by Gasteiger charge is -2.17. The van der Waals surface area contributed by atoms with Crippen molar-refractivity contribution in [1.82, 2.24) is 10.6 Å². The summed E-state index contributed by atoms with van der Waals surface area (Å²) in [5.41, 5.74) is 2.21. The Morgan fingerprint density at radius 2 is 1.61 bits per heavy atom. The number of hydrogen-bond donors (Lipinski definition) is 2. The summed E-state index contributed by atoms with van der Waals surface area (Å²) < 4.78 is 0. The number of urea groups is 1. The lowest BCUT2D eigenvalue weighted by atomic mass is 10.00.